The maximum Gasteiger partial charge on any atom is 0.252 e. The molecule has 22 heavy (non-hydrogen) atoms. The Morgan fingerprint density at radius 2 is 2.32 bits per heavy atom. The van der Waals surface area contributed by atoms with E-state index in [0.717, 1.165) is 30.1 Å². The smallest absolute Gasteiger partial charge is 0.252 e. The number of aromatic nitrogens is 2. The first kappa shape index (κ1) is 15.0. The predicted octanol–water partition coefficient (Wildman–Crippen LogP) is 2.50. The average molecular weight is 316 g/mol. The lowest BCUT2D eigenvalue weighted by atomic mass is 9.88. The highest BCUT2D eigenvalue weighted by molar-refractivity contribution is 7.10. The largest absolute Gasteiger partial charge is 0.367 e. The molecule has 2 aromatic heterocycles. The molecule has 1 amide bonds. The Kier molecular flexibility index (Phi) is 4.68. The maximum atomic E-state index is 12.3. The summed E-state index contributed by atoms with van der Waals surface area (Å²) < 4.78 is 0. The molecular formula is C16H20N4OS. The molecule has 3 rings (SSSR count). The molecule has 1 aliphatic rings. The third-order valence-electron chi connectivity index (χ3n) is 3.93. The van der Waals surface area contributed by atoms with Crippen molar-refractivity contribution in [3.05, 3.63) is 40.0 Å². The summed E-state index contributed by atoms with van der Waals surface area (Å²) in [6.07, 6.45) is 8.26. The van der Waals surface area contributed by atoms with Crippen molar-refractivity contribution in [2.45, 2.75) is 26.2 Å². The predicted molar refractivity (Wildman–Crippen MR) is 88.4 cm³/mol. The van der Waals surface area contributed by atoms with E-state index in [2.05, 4.69) is 27.5 Å². The van der Waals surface area contributed by atoms with E-state index in [1.807, 2.05) is 5.38 Å². The van der Waals surface area contributed by atoms with Crippen LogP contribution in [0.5, 0.6) is 0 Å². The second-order valence-corrected chi connectivity index (χ2v) is 6.64. The Bertz CT molecular complexity index is 641. The van der Waals surface area contributed by atoms with Crippen LogP contribution in [-0.2, 0) is 12.8 Å². The van der Waals surface area contributed by atoms with Crippen molar-refractivity contribution >= 4 is 23.1 Å². The SMILES string of the molecule is CC1CCc2c(C(=O)NCCNc3cnccn3)csc2C1. The van der Waals surface area contributed by atoms with Gasteiger partial charge in [0.25, 0.3) is 5.91 Å². The molecule has 0 saturated heterocycles. The monoisotopic (exact) mass is 316 g/mol. The third-order valence-corrected chi connectivity index (χ3v) is 4.98. The molecule has 0 spiro atoms. The van der Waals surface area contributed by atoms with Crippen LogP contribution < -0.4 is 10.6 Å². The molecule has 6 heteroatoms. The number of carbonyl (C=O) groups excluding carboxylic acids is 1. The van der Waals surface area contributed by atoms with Crippen LogP contribution in [0.1, 0.15) is 34.1 Å². The van der Waals surface area contributed by atoms with Gasteiger partial charge in [0.15, 0.2) is 0 Å². The van der Waals surface area contributed by atoms with Crippen molar-refractivity contribution in [2.24, 2.45) is 5.92 Å². The normalized spacial score (nSPS) is 16.9. The number of nitrogens with zero attached hydrogens (tertiary/aromatic N) is 2. The Hall–Kier alpha value is -1.95. The zero-order chi connectivity index (χ0) is 15.4. The molecule has 116 valence electrons. The van der Waals surface area contributed by atoms with Gasteiger partial charge in [0.2, 0.25) is 0 Å². The number of hydrogen-bond acceptors (Lipinski definition) is 5. The molecule has 1 aliphatic carbocycles. The van der Waals surface area contributed by atoms with E-state index in [-0.39, 0.29) is 5.91 Å². The summed E-state index contributed by atoms with van der Waals surface area (Å²) in [4.78, 5) is 21.8. The number of nitrogens with one attached hydrogen (secondary N) is 2. The number of carbonyl (C=O) groups is 1. The van der Waals surface area contributed by atoms with Gasteiger partial charge in [0, 0.05) is 35.7 Å². The summed E-state index contributed by atoms with van der Waals surface area (Å²) in [5.74, 6) is 1.49. The van der Waals surface area contributed by atoms with Crippen LogP contribution in [0.2, 0.25) is 0 Å². The van der Waals surface area contributed by atoms with Crippen molar-refractivity contribution in [3.8, 4) is 0 Å². The molecule has 0 fully saturated rings. The molecular weight excluding hydrogens is 296 g/mol. The molecule has 2 aromatic rings. The zero-order valence-corrected chi connectivity index (χ0v) is 13.4. The van der Waals surface area contributed by atoms with Crippen LogP contribution in [0.25, 0.3) is 0 Å². The van der Waals surface area contributed by atoms with E-state index in [1.54, 1.807) is 29.9 Å². The Labute approximate surface area is 134 Å². The number of amides is 1. The molecule has 0 aliphatic heterocycles. The number of thiophene rings is 1. The second-order valence-electron chi connectivity index (χ2n) is 5.67. The summed E-state index contributed by atoms with van der Waals surface area (Å²) in [7, 11) is 0. The molecule has 0 saturated carbocycles. The fourth-order valence-electron chi connectivity index (χ4n) is 2.72. The van der Waals surface area contributed by atoms with Gasteiger partial charge in [-0.1, -0.05) is 6.92 Å². The highest BCUT2D eigenvalue weighted by Gasteiger charge is 2.22. The molecule has 5 nitrogen and oxygen atoms in total. The fourth-order valence-corrected chi connectivity index (χ4v) is 3.96. The highest BCUT2D eigenvalue weighted by Crippen LogP contribution is 2.32. The first-order chi connectivity index (χ1) is 10.7. The molecule has 2 heterocycles. The summed E-state index contributed by atoms with van der Waals surface area (Å²) in [6.45, 7) is 3.48. The van der Waals surface area contributed by atoms with Gasteiger partial charge in [0.05, 0.1) is 11.8 Å². The van der Waals surface area contributed by atoms with Crippen molar-refractivity contribution in [2.75, 3.05) is 18.4 Å². The minimum atomic E-state index is 0.0352. The van der Waals surface area contributed by atoms with Gasteiger partial charge in [-0.3, -0.25) is 9.78 Å². The minimum absolute atomic E-state index is 0.0352. The molecule has 1 atom stereocenters. The van der Waals surface area contributed by atoms with Crippen molar-refractivity contribution < 1.29 is 4.79 Å². The van der Waals surface area contributed by atoms with Gasteiger partial charge in [-0.05, 0) is 30.7 Å². The van der Waals surface area contributed by atoms with Gasteiger partial charge in [-0.2, -0.15) is 0 Å². The highest BCUT2D eigenvalue weighted by atomic mass is 32.1. The summed E-state index contributed by atoms with van der Waals surface area (Å²) >= 11 is 1.73. The van der Waals surface area contributed by atoms with Gasteiger partial charge >= 0.3 is 0 Å². The van der Waals surface area contributed by atoms with Crippen LogP contribution in [0.4, 0.5) is 5.82 Å². The first-order valence-corrected chi connectivity index (χ1v) is 8.49. The van der Waals surface area contributed by atoms with Crippen molar-refractivity contribution in [1.82, 2.24) is 15.3 Å². The topological polar surface area (TPSA) is 66.9 Å². The maximum absolute atomic E-state index is 12.3. The van der Waals surface area contributed by atoms with Gasteiger partial charge < -0.3 is 10.6 Å². The lowest BCUT2D eigenvalue weighted by Gasteiger charge is -2.18. The van der Waals surface area contributed by atoms with E-state index in [4.69, 9.17) is 0 Å². The molecule has 2 N–H and O–H groups in total. The molecule has 0 bridgehead atoms. The van der Waals surface area contributed by atoms with Gasteiger partial charge in [-0.25, -0.2) is 4.98 Å². The Morgan fingerprint density at radius 1 is 1.41 bits per heavy atom. The lowest BCUT2D eigenvalue weighted by Crippen LogP contribution is -2.29. The van der Waals surface area contributed by atoms with Crippen molar-refractivity contribution in [1.29, 1.82) is 0 Å². The summed E-state index contributed by atoms with van der Waals surface area (Å²) in [5, 5.41) is 8.11. The number of anilines is 1. The van der Waals surface area contributed by atoms with Crippen LogP contribution in [0.3, 0.4) is 0 Å². The van der Waals surface area contributed by atoms with E-state index in [1.165, 1.54) is 16.9 Å². The van der Waals surface area contributed by atoms with Crippen LogP contribution in [0, 0.1) is 5.92 Å². The fraction of sp³-hybridized carbons (Fsp3) is 0.438. The minimum Gasteiger partial charge on any atom is -0.367 e. The van der Waals surface area contributed by atoms with Crippen molar-refractivity contribution in [3.63, 3.8) is 0 Å². The number of hydrogen-bond donors (Lipinski definition) is 2. The first-order valence-electron chi connectivity index (χ1n) is 7.61. The molecule has 0 aromatic carbocycles. The van der Waals surface area contributed by atoms with E-state index in [0.29, 0.717) is 13.1 Å². The Morgan fingerprint density at radius 3 is 3.14 bits per heavy atom. The van der Waals surface area contributed by atoms with Crippen LogP contribution in [0.15, 0.2) is 24.0 Å². The van der Waals surface area contributed by atoms with Crippen LogP contribution >= 0.6 is 11.3 Å². The van der Waals surface area contributed by atoms with E-state index in [9.17, 15) is 4.79 Å². The van der Waals surface area contributed by atoms with Gasteiger partial charge in [0.1, 0.15) is 5.82 Å². The Balaban J connectivity index is 1.50. The summed E-state index contributed by atoms with van der Waals surface area (Å²) in [5.41, 5.74) is 2.13. The van der Waals surface area contributed by atoms with Gasteiger partial charge in [-0.15, -0.1) is 11.3 Å². The molecule has 0 radical (unpaired) electrons. The second kappa shape index (κ2) is 6.87. The van der Waals surface area contributed by atoms with Crippen LogP contribution in [-0.4, -0.2) is 29.0 Å². The number of rotatable bonds is 5. The quantitative estimate of drug-likeness (QED) is 0.832. The molecule has 1 unspecified atom stereocenters. The standard InChI is InChI=1S/C16H20N4OS/c1-11-2-3-12-13(10-22-14(12)8-11)16(21)20-7-6-19-15-9-17-4-5-18-15/h4-5,9-11H,2-3,6-8H2,1H3,(H,18,19)(H,20,21). The summed E-state index contributed by atoms with van der Waals surface area (Å²) in [6, 6.07) is 0. The number of fused-ring (bicyclic) bond motifs is 1. The third kappa shape index (κ3) is 3.44. The van der Waals surface area contributed by atoms with E-state index < -0.39 is 0 Å². The average Bonchev–Trinajstić information content (AvgIpc) is 2.95. The lowest BCUT2D eigenvalue weighted by molar-refractivity contribution is 0.0954. The van der Waals surface area contributed by atoms with E-state index >= 15 is 0 Å². The zero-order valence-electron chi connectivity index (χ0n) is 12.6.